The fourth-order valence-corrected chi connectivity index (χ4v) is 2.93. The first kappa shape index (κ1) is 13.5. The Hall–Kier alpha value is -0.930. The van der Waals surface area contributed by atoms with Gasteiger partial charge in [0.25, 0.3) is 0 Å². The molecule has 1 fully saturated rings. The van der Waals surface area contributed by atoms with Gasteiger partial charge in [-0.3, -0.25) is 0 Å². The summed E-state index contributed by atoms with van der Waals surface area (Å²) >= 11 is 0. The summed E-state index contributed by atoms with van der Waals surface area (Å²) in [4.78, 5) is 0. The summed E-state index contributed by atoms with van der Waals surface area (Å²) in [5.41, 5.74) is 0.343. The van der Waals surface area contributed by atoms with E-state index in [1.54, 1.807) is 25.3 Å². The molecule has 0 bridgehead atoms. The largest absolute Gasteiger partial charge is 0.386 e. The predicted octanol–water partition coefficient (Wildman–Crippen LogP) is 3.45. The maximum Gasteiger partial charge on any atom is 0.129 e. The van der Waals surface area contributed by atoms with Gasteiger partial charge in [0.15, 0.2) is 0 Å². The molecule has 2 unspecified atom stereocenters. The second kappa shape index (κ2) is 6.30. The number of methoxy groups -OCH3 is 1. The van der Waals surface area contributed by atoms with Gasteiger partial charge < -0.3 is 9.84 Å². The molecule has 1 N–H and O–H groups in total. The summed E-state index contributed by atoms with van der Waals surface area (Å²) in [6.07, 6.45) is 4.54. The summed E-state index contributed by atoms with van der Waals surface area (Å²) in [7, 11) is 1.60. The fraction of sp³-hybridized carbons (Fsp3) is 0.600. The average Bonchev–Trinajstić information content (AvgIpc) is 2.41. The summed E-state index contributed by atoms with van der Waals surface area (Å²) in [5.74, 6) is -0.0267. The number of ether oxygens (including phenoxy) is 1. The standard InChI is InChI=1S/C15H21FO2/c1-18-15(11-7-3-2-4-8-11)14(17)12-9-5-6-10-13(12)16/h5-6,9-11,14-15,17H,2-4,7-8H2,1H3. The molecule has 100 valence electrons. The van der Waals surface area contributed by atoms with Crippen LogP contribution in [0.1, 0.15) is 43.8 Å². The van der Waals surface area contributed by atoms with Crippen molar-refractivity contribution in [1.29, 1.82) is 0 Å². The summed E-state index contributed by atoms with van der Waals surface area (Å²) in [6, 6.07) is 6.39. The highest BCUT2D eigenvalue weighted by Crippen LogP contribution is 2.34. The molecule has 2 atom stereocenters. The first-order chi connectivity index (χ1) is 8.74. The predicted molar refractivity (Wildman–Crippen MR) is 68.7 cm³/mol. The zero-order valence-electron chi connectivity index (χ0n) is 10.8. The molecule has 0 aliphatic heterocycles. The maximum atomic E-state index is 13.7. The Morgan fingerprint density at radius 3 is 2.50 bits per heavy atom. The molecule has 3 heteroatoms. The van der Waals surface area contributed by atoms with Crippen LogP contribution in [0.3, 0.4) is 0 Å². The van der Waals surface area contributed by atoms with Crippen LogP contribution >= 0.6 is 0 Å². The lowest BCUT2D eigenvalue weighted by Gasteiger charge is -2.32. The van der Waals surface area contributed by atoms with Gasteiger partial charge in [0.2, 0.25) is 0 Å². The van der Waals surface area contributed by atoms with E-state index in [0.29, 0.717) is 11.5 Å². The molecule has 0 aromatic heterocycles. The van der Waals surface area contributed by atoms with E-state index in [0.717, 1.165) is 12.8 Å². The van der Waals surface area contributed by atoms with Gasteiger partial charge in [-0.25, -0.2) is 4.39 Å². The Balaban J connectivity index is 2.14. The van der Waals surface area contributed by atoms with E-state index in [1.165, 1.54) is 25.3 Å². The Morgan fingerprint density at radius 2 is 1.89 bits per heavy atom. The Bertz CT molecular complexity index is 375. The van der Waals surface area contributed by atoms with Gasteiger partial charge in [-0.1, -0.05) is 37.5 Å². The Kier molecular flexibility index (Phi) is 4.72. The number of halogens is 1. The van der Waals surface area contributed by atoms with Gasteiger partial charge in [0, 0.05) is 12.7 Å². The van der Waals surface area contributed by atoms with Crippen LogP contribution in [0.15, 0.2) is 24.3 Å². The van der Waals surface area contributed by atoms with Crippen molar-refractivity contribution in [1.82, 2.24) is 0 Å². The third-order valence-electron chi connectivity index (χ3n) is 3.92. The van der Waals surface area contributed by atoms with Crippen molar-refractivity contribution < 1.29 is 14.2 Å². The van der Waals surface area contributed by atoms with Crippen molar-refractivity contribution in [3.05, 3.63) is 35.6 Å². The minimum absolute atomic E-state index is 0.304. The van der Waals surface area contributed by atoms with Crippen LogP contribution in [0.4, 0.5) is 4.39 Å². The van der Waals surface area contributed by atoms with E-state index in [1.807, 2.05) is 0 Å². The Labute approximate surface area is 108 Å². The van der Waals surface area contributed by atoms with Crippen LogP contribution in [0, 0.1) is 11.7 Å². The molecule has 2 rings (SSSR count). The summed E-state index contributed by atoms with van der Waals surface area (Å²) in [6.45, 7) is 0. The molecule has 1 saturated carbocycles. The lowest BCUT2D eigenvalue weighted by Crippen LogP contribution is -2.31. The normalized spacial score (nSPS) is 20.6. The van der Waals surface area contributed by atoms with Crippen molar-refractivity contribution in [2.45, 2.75) is 44.3 Å². The van der Waals surface area contributed by atoms with Crippen molar-refractivity contribution in [3.8, 4) is 0 Å². The highest BCUT2D eigenvalue weighted by Gasteiger charge is 2.31. The number of hydrogen-bond donors (Lipinski definition) is 1. The molecule has 1 aromatic carbocycles. The van der Waals surface area contributed by atoms with Crippen LogP contribution in [0.2, 0.25) is 0 Å². The lowest BCUT2D eigenvalue weighted by atomic mass is 9.82. The fourth-order valence-electron chi connectivity index (χ4n) is 2.93. The third-order valence-corrected chi connectivity index (χ3v) is 3.92. The molecular formula is C15H21FO2. The van der Waals surface area contributed by atoms with Gasteiger partial charge in [0.1, 0.15) is 11.9 Å². The molecule has 0 amide bonds. The minimum atomic E-state index is -0.876. The zero-order chi connectivity index (χ0) is 13.0. The highest BCUT2D eigenvalue weighted by atomic mass is 19.1. The van der Waals surface area contributed by atoms with E-state index < -0.39 is 6.10 Å². The average molecular weight is 252 g/mol. The number of hydrogen-bond acceptors (Lipinski definition) is 2. The van der Waals surface area contributed by atoms with Crippen molar-refractivity contribution >= 4 is 0 Å². The smallest absolute Gasteiger partial charge is 0.129 e. The lowest BCUT2D eigenvalue weighted by molar-refractivity contribution is -0.0571. The van der Waals surface area contributed by atoms with Gasteiger partial charge in [-0.05, 0) is 24.8 Å². The monoisotopic (exact) mass is 252 g/mol. The van der Waals surface area contributed by atoms with Crippen LogP contribution in [-0.4, -0.2) is 18.3 Å². The van der Waals surface area contributed by atoms with Gasteiger partial charge in [-0.15, -0.1) is 0 Å². The summed E-state index contributed by atoms with van der Waals surface area (Å²) in [5, 5.41) is 10.3. The molecule has 1 aliphatic carbocycles. The second-order valence-electron chi connectivity index (χ2n) is 5.06. The molecular weight excluding hydrogens is 231 g/mol. The number of benzene rings is 1. The SMILES string of the molecule is COC(C1CCCCC1)C(O)c1ccccc1F. The van der Waals surface area contributed by atoms with E-state index in [9.17, 15) is 9.50 Å². The Morgan fingerprint density at radius 1 is 1.22 bits per heavy atom. The zero-order valence-corrected chi connectivity index (χ0v) is 10.8. The number of aliphatic hydroxyl groups excluding tert-OH is 1. The molecule has 0 saturated heterocycles. The summed E-state index contributed by atoms with van der Waals surface area (Å²) < 4.78 is 19.1. The van der Waals surface area contributed by atoms with Crippen LogP contribution in [-0.2, 0) is 4.74 Å². The van der Waals surface area contributed by atoms with Crippen molar-refractivity contribution in [2.75, 3.05) is 7.11 Å². The highest BCUT2D eigenvalue weighted by molar-refractivity contribution is 5.21. The van der Waals surface area contributed by atoms with Crippen LogP contribution < -0.4 is 0 Å². The molecule has 18 heavy (non-hydrogen) atoms. The molecule has 0 spiro atoms. The van der Waals surface area contributed by atoms with Gasteiger partial charge in [-0.2, -0.15) is 0 Å². The van der Waals surface area contributed by atoms with Crippen molar-refractivity contribution in [2.24, 2.45) is 5.92 Å². The first-order valence-corrected chi connectivity index (χ1v) is 6.69. The van der Waals surface area contributed by atoms with Crippen LogP contribution in [0.5, 0.6) is 0 Å². The number of rotatable bonds is 4. The van der Waals surface area contributed by atoms with E-state index in [4.69, 9.17) is 4.74 Å². The third kappa shape index (κ3) is 2.90. The second-order valence-corrected chi connectivity index (χ2v) is 5.06. The minimum Gasteiger partial charge on any atom is -0.386 e. The molecule has 2 nitrogen and oxygen atoms in total. The maximum absolute atomic E-state index is 13.7. The molecule has 1 aromatic rings. The van der Waals surface area contributed by atoms with Crippen molar-refractivity contribution in [3.63, 3.8) is 0 Å². The quantitative estimate of drug-likeness (QED) is 0.889. The molecule has 0 radical (unpaired) electrons. The number of aliphatic hydroxyl groups is 1. The van der Waals surface area contributed by atoms with Crippen LogP contribution in [0.25, 0.3) is 0 Å². The van der Waals surface area contributed by atoms with E-state index in [-0.39, 0.29) is 11.9 Å². The molecule has 1 aliphatic rings. The van der Waals surface area contributed by atoms with E-state index >= 15 is 0 Å². The topological polar surface area (TPSA) is 29.5 Å². The first-order valence-electron chi connectivity index (χ1n) is 6.69. The van der Waals surface area contributed by atoms with Gasteiger partial charge in [0.05, 0.1) is 6.10 Å². The van der Waals surface area contributed by atoms with E-state index in [2.05, 4.69) is 0 Å². The van der Waals surface area contributed by atoms with Gasteiger partial charge >= 0.3 is 0 Å². The molecule has 0 heterocycles.